The molecule has 0 unspecified atom stereocenters. The zero-order valence-electron chi connectivity index (χ0n) is 15.3. The van der Waals surface area contributed by atoms with Crippen LogP contribution in [0.5, 0.6) is 11.5 Å². The second-order valence-electron chi connectivity index (χ2n) is 7.21. The summed E-state index contributed by atoms with van der Waals surface area (Å²) in [5.41, 5.74) is 0.933. The van der Waals surface area contributed by atoms with Crippen LogP contribution < -0.4 is 14.8 Å². The first-order chi connectivity index (χ1) is 12.3. The number of hydrogen-bond donors (Lipinski definition) is 1. The third kappa shape index (κ3) is 3.75. The molecule has 2 aromatic rings. The van der Waals surface area contributed by atoms with E-state index in [-0.39, 0.29) is 34.7 Å². The maximum absolute atomic E-state index is 12.6. The van der Waals surface area contributed by atoms with E-state index in [0.29, 0.717) is 12.4 Å². The van der Waals surface area contributed by atoms with Crippen LogP contribution in [-0.2, 0) is 5.41 Å². The molecule has 0 saturated carbocycles. The molecule has 0 aliphatic carbocycles. The quantitative estimate of drug-likeness (QED) is 0.862. The maximum atomic E-state index is 12.6. The summed E-state index contributed by atoms with van der Waals surface area (Å²) in [5.74, 6) is 1.86. The third-order valence-corrected chi connectivity index (χ3v) is 4.62. The first kappa shape index (κ1) is 18.5. The van der Waals surface area contributed by atoms with Gasteiger partial charge in [-0.2, -0.15) is 0 Å². The van der Waals surface area contributed by atoms with Gasteiger partial charge in [0.2, 0.25) is 6.79 Å². The number of hydrogen-bond acceptors (Lipinski definition) is 5. The van der Waals surface area contributed by atoms with E-state index in [1.165, 1.54) is 6.20 Å². The van der Waals surface area contributed by atoms with E-state index in [9.17, 15) is 4.79 Å². The predicted octanol–water partition coefficient (Wildman–Crippen LogP) is 3.69. The van der Waals surface area contributed by atoms with Gasteiger partial charge < -0.3 is 14.8 Å². The molecule has 7 heteroatoms. The largest absolute Gasteiger partial charge is 0.454 e. The van der Waals surface area contributed by atoms with Crippen molar-refractivity contribution in [3.8, 4) is 11.5 Å². The van der Waals surface area contributed by atoms with Crippen LogP contribution in [0, 0.1) is 0 Å². The van der Waals surface area contributed by atoms with E-state index >= 15 is 0 Å². The highest BCUT2D eigenvalue weighted by Gasteiger charge is 2.26. The Morgan fingerprint density at radius 3 is 2.77 bits per heavy atom. The summed E-state index contributed by atoms with van der Waals surface area (Å²) >= 11 is 6.11. The second-order valence-corrected chi connectivity index (χ2v) is 7.62. The average molecular weight is 376 g/mol. The van der Waals surface area contributed by atoms with E-state index in [2.05, 4.69) is 15.3 Å². The van der Waals surface area contributed by atoms with Crippen molar-refractivity contribution >= 4 is 17.5 Å². The Balaban J connectivity index is 1.73. The van der Waals surface area contributed by atoms with Gasteiger partial charge in [-0.1, -0.05) is 45.4 Å². The van der Waals surface area contributed by atoms with Crippen LogP contribution in [0.4, 0.5) is 0 Å². The molecule has 0 bridgehead atoms. The highest BCUT2D eigenvalue weighted by Crippen LogP contribution is 2.36. The van der Waals surface area contributed by atoms with Gasteiger partial charge in [0, 0.05) is 17.9 Å². The lowest BCUT2D eigenvalue weighted by atomic mass is 9.84. The van der Waals surface area contributed by atoms with Crippen molar-refractivity contribution in [2.24, 2.45) is 0 Å². The summed E-state index contributed by atoms with van der Waals surface area (Å²) in [4.78, 5) is 21.0. The van der Waals surface area contributed by atoms with Gasteiger partial charge in [-0.25, -0.2) is 9.97 Å². The van der Waals surface area contributed by atoms with Crippen LogP contribution in [-0.4, -0.2) is 29.2 Å². The molecule has 0 fully saturated rings. The molecule has 6 nitrogen and oxygen atoms in total. The Morgan fingerprint density at radius 2 is 2.04 bits per heavy atom. The number of carbonyl (C=O) groups is 1. The summed E-state index contributed by atoms with van der Waals surface area (Å²) in [6.45, 7) is 8.68. The normalized spacial score (nSPS) is 13.2. The number of amides is 1. The minimum Gasteiger partial charge on any atom is -0.454 e. The van der Waals surface area contributed by atoms with E-state index in [1.807, 2.05) is 45.9 Å². The van der Waals surface area contributed by atoms with Crippen LogP contribution in [0.3, 0.4) is 0 Å². The van der Waals surface area contributed by atoms with E-state index < -0.39 is 0 Å². The number of halogens is 1. The molecule has 0 spiro atoms. The zero-order chi connectivity index (χ0) is 18.9. The molecule has 1 aliphatic heterocycles. The predicted molar refractivity (Wildman–Crippen MR) is 99.1 cm³/mol. The summed E-state index contributed by atoms with van der Waals surface area (Å²) in [6, 6.07) is 5.81. The van der Waals surface area contributed by atoms with Gasteiger partial charge >= 0.3 is 0 Å². The average Bonchev–Trinajstić information content (AvgIpc) is 3.07. The number of fused-ring (bicyclic) bond motifs is 1. The summed E-state index contributed by atoms with van der Waals surface area (Å²) in [6.07, 6.45) is 1.47. The van der Waals surface area contributed by atoms with E-state index in [1.54, 1.807) is 0 Å². The first-order valence-electron chi connectivity index (χ1n) is 8.48. The molecule has 1 aliphatic rings. The summed E-state index contributed by atoms with van der Waals surface area (Å²) in [5, 5.41) is 3.17. The van der Waals surface area contributed by atoms with E-state index in [4.69, 9.17) is 21.1 Å². The minimum absolute atomic E-state index is 0.115. The molecule has 26 heavy (non-hydrogen) atoms. The lowest BCUT2D eigenvalue weighted by Crippen LogP contribution is -2.37. The second kappa shape index (κ2) is 7.11. The van der Waals surface area contributed by atoms with Crippen molar-refractivity contribution in [2.75, 3.05) is 13.3 Å². The fourth-order valence-electron chi connectivity index (χ4n) is 2.62. The van der Waals surface area contributed by atoms with Crippen LogP contribution in [0.2, 0.25) is 5.02 Å². The molecule has 3 rings (SSSR count). The van der Waals surface area contributed by atoms with Gasteiger partial charge in [-0.15, -0.1) is 0 Å². The van der Waals surface area contributed by atoms with Gasteiger partial charge in [0.05, 0.1) is 11.2 Å². The number of nitrogens with zero attached hydrogens (tertiary/aromatic N) is 2. The highest BCUT2D eigenvalue weighted by molar-refractivity contribution is 6.33. The van der Waals surface area contributed by atoms with Gasteiger partial charge in [-0.3, -0.25) is 4.79 Å². The van der Waals surface area contributed by atoms with Crippen LogP contribution in [0.15, 0.2) is 24.4 Å². The van der Waals surface area contributed by atoms with Gasteiger partial charge in [0.15, 0.2) is 11.5 Å². The zero-order valence-corrected chi connectivity index (χ0v) is 16.1. The number of ether oxygens (including phenoxy) is 2. The highest BCUT2D eigenvalue weighted by atomic mass is 35.5. The van der Waals surface area contributed by atoms with Crippen molar-refractivity contribution < 1.29 is 14.3 Å². The number of aromatic nitrogens is 2. The Bertz CT molecular complexity index is 837. The Hall–Kier alpha value is -2.34. The van der Waals surface area contributed by atoms with Crippen LogP contribution in [0.1, 0.15) is 55.5 Å². The standard InChI is InChI=1S/C19H22ClN3O3/c1-11(2)17-21-8-13(20)16(23-17)18(24)22-9-19(3,4)12-5-6-14-15(7-12)26-10-25-14/h5-8,11H,9-10H2,1-4H3,(H,22,24). The van der Waals surface area contributed by atoms with Crippen LogP contribution in [0.25, 0.3) is 0 Å². The van der Waals surface area contributed by atoms with Gasteiger partial charge in [0.1, 0.15) is 11.5 Å². The summed E-state index contributed by atoms with van der Waals surface area (Å²) in [7, 11) is 0. The SMILES string of the molecule is CC(C)c1ncc(Cl)c(C(=O)NCC(C)(C)c2ccc3c(c2)OCO3)n1. The smallest absolute Gasteiger partial charge is 0.271 e. The monoisotopic (exact) mass is 375 g/mol. The van der Waals surface area contributed by atoms with Crippen molar-refractivity contribution in [2.45, 2.75) is 39.0 Å². The molecule has 1 aromatic carbocycles. The Kier molecular flexibility index (Phi) is 5.05. The molecule has 2 heterocycles. The van der Waals surface area contributed by atoms with Crippen LogP contribution >= 0.6 is 11.6 Å². The molecular weight excluding hydrogens is 354 g/mol. The molecule has 138 valence electrons. The fraction of sp³-hybridized carbons (Fsp3) is 0.421. The topological polar surface area (TPSA) is 73.3 Å². The summed E-state index contributed by atoms with van der Waals surface area (Å²) < 4.78 is 10.8. The maximum Gasteiger partial charge on any atom is 0.271 e. The molecule has 0 radical (unpaired) electrons. The number of rotatable bonds is 5. The number of nitrogens with one attached hydrogen (secondary N) is 1. The molecule has 1 aromatic heterocycles. The molecule has 0 atom stereocenters. The van der Waals surface area contributed by atoms with E-state index in [0.717, 1.165) is 17.1 Å². The minimum atomic E-state index is -0.312. The van der Waals surface area contributed by atoms with Gasteiger partial charge in [-0.05, 0) is 17.7 Å². The first-order valence-corrected chi connectivity index (χ1v) is 8.86. The number of benzene rings is 1. The van der Waals surface area contributed by atoms with Crippen molar-refractivity contribution in [1.29, 1.82) is 0 Å². The van der Waals surface area contributed by atoms with Crippen molar-refractivity contribution in [3.05, 3.63) is 46.5 Å². The van der Waals surface area contributed by atoms with Gasteiger partial charge in [0.25, 0.3) is 5.91 Å². The molecular formula is C19H22ClN3O3. The Morgan fingerprint density at radius 1 is 1.31 bits per heavy atom. The number of carbonyl (C=O) groups excluding carboxylic acids is 1. The molecule has 1 amide bonds. The van der Waals surface area contributed by atoms with Crippen molar-refractivity contribution in [3.63, 3.8) is 0 Å². The lowest BCUT2D eigenvalue weighted by Gasteiger charge is -2.26. The lowest BCUT2D eigenvalue weighted by molar-refractivity contribution is 0.0940. The molecule has 1 N–H and O–H groups in total. The molecule has 0 saturated heterocycles. The Labute approximate surface area is 157 Å². The van der Waals surface area contributed by atoms with Crippen molar-refractivity contribution in [1.82, 2.24) is 15.3 Å². The third-order valence-electron chi connectivity index (χ3n) is 4.34. The fourth-order valence-corrected chi connectivity index (χ4v) is 2.80.